The molecule has 30 heavy (non-hydrogen) atoms. The third kappa shape index (κ3) is 5.47. The van der Waals surface area contributed by atoms with Crippen LogP contribution in [0.3, 0.4) is 0 Å². The van der Waals surface area contributed by atoms with Crippen molar-refractivity contribution in [2.24, 2.45) is 0 Å². The molecule has 1 heterocycles. The molecule has 0 aromatic heterocycles. The third-order valence-electron chi connectivity index (χ3n) is 4.51. The molecule has 1 atom stereocenters. The van der Waals surface area contributed by atoms with E-state index in [2.05, 4.69) is 5.32 Å². The molecule has 8 heteroatoms. The van der Waals surface area contributed by atoms with Gasteiger partial charge in [0.05, 0.1) is 24.7 Å². The monoisotopic (exact) mass is 442 g/mol. The van der Waals surface area contributed by atoms with Crippen LogP contribution in [0.15, 0.2) is 59.5 Å². The summed E-state index contributed by atoms with van der Waals surface area (Å²) < 4.78 is 5.63. The van der Waals surface area contributed by atoms with E-state index in [0.717, 1.165) is 22.9 Å². The van der Waals surface area contributed by atoms with Crippen molar-refractivity contribution in [2.45, 2.75) is 12.5 Å². The van der Waals surface area contributed by atoms with Crippen molar-refractivity contribution in [1.29, 1.82) is 0 Å². The van der Waals surface area contributed by atoms with Crippen molar-refractivity contribution in [3.63, 3.8) is 0 Å². The minimum atomic E-state index is -0.442. The first kappa shape index (κ1) is 22.0. The molecule has 2 amide bonds. The maximum absolute atomic E-state index is 12.8. The van der Waals surface area contributed by atoms with E-state index in [1.54, 1.807) is 13.2 Å². The van der Waals surface area contributed by atoms with E-state index < -0.39 is 6.04 Å². The summed E-state index contributed by atoms with van der Waals surface area (Å²) in [5.74, 6) is -0.0540. The number of aliphatic hydroxyl groups excluding tert-OH is 1. The maximum Gasteiger partial charge on any atom is 0.266 e. The van der Waals surface area contributed by atoms with Crippen LogP contribution < -0.4 is 10.1 Å². The number of carbonyl (C=O) groups excluding carboxylic acids is 2. The van der Waals surface area contributed by atoms with Crippen LogP contribution in [0.5, 0.6) is 5.75 Å². The van der Waals surface area contributed by atoms with Gasteiger partial charge in [0.2, 0.25) is 5.91 Å². The molecule has 3 rings (SSSR count). The number of thioether (sulfide) groups is 1. The third-order valence-corrected chi connectivity index (χ3v) is 5.89. The lowest BCUT2D eigenvalue weighted by Gasteiger charge is -2.19. The topological polar surface area (TPSA) is 78.9 Å². The molecule has 1 aliphatic rings. The summed E-state index contributed by atoms with van der Waals surface area (Å²) in [6, 6.07) is 16.5. The van der Waals surface area contributed by atoms with Crippen LogP contribution in [0, 0.1) is 0 Å². The van der Waals surface area contributed by atoms with E-state index in [0.29, 0.717) is 21.4 Å². The number of aliphatic hydroxyl groups is 1. The first-order valence-corrected chi connectivity index (χ1v) is 10.6. The Hall–Kier alpha value is -2.68. The van der Waals surface area contributed by atoms with Crippen LogP contribution in [0.2, 0.25) is 0 Å². The lowest BCUT2D eigenvalue weighted by atomic mass is 10.1. The zero-order chi connectivity index (χ0) is 21.5. The number of thiocarbonyl (C=S) groups is 1. The van der Waals surface area contributed by atoms with Gasteiger partial charge in [-0.1, -0.05) is 72.5 Å². The van der Waals surface area contributed by atoms with Crippen LogP contribution in [0.1, 0.15) is 11.1 Å². The molecule has 2 N–H and O–H groups in total. The van der Waals surface area contributed by atoms with E-state index in [1.807, 2.05) is 54.6 Å². The zero-order valence-electron chi connectivity index (χ0n) is 16.4. The van der Waals surface area contributed by atoms with Gasteiger partial charge in [-0.3, -0.25) is 14.5 Å². The highest BCUT2D eigenvalue weighted by Gasteiger charge is 2.33. The van der Waals surface area contributed by atoms with Gasteiger partial charge >= 0.3 is 0 Å². The quantitative estimate of drug-likeness (QED) is 0.483. The van der Waals surface area contributed by atoms with Gasteiger partial charge in [-0.2, -0.15) is 0 Å². The van der Waals surface area contributed by atoms with Gasteiger partial charge in [0.1, 0.15) is 16.6 Å². The number of nitrogens with zero attached hydrogens (tertiary/aromatic N) is 1. The van der Waals surface area contributed by atoms with Gasteiger partial charge in [0, 0.05) is 5.56 Å². The number of carbonyl (C=O) groups is 2. The number of rotatable bonds is 8. The second-order valence-electron chi connectivity index (χ2n) is 6.65. The predicted molar refractivity (Wildman–Crippen MR) is 122 cm³/mol. The molecule has 2 aromatic rings. The Kier molecular flexibility index (Phi) is 7.62. The molecule has 1 fully saturated rings. The Bertz CT molecular complexity index is 963. The summed E-state index contributed by atoms with van der Waals surface area (Å²) in [5, 5.41) is 12.4. The van der Waals surface area contributed by atoms with E-state index in [-0.39, 0.29) is 25.0 Å². The normalized spacial score (nSPS) is 16.1. The molecule has 0 spiro atoms. The second kappa shape index (κ2) is 10.4. The number of benzene rings is 2. The fourth-order valence-corrected chi connectivity index (χ4v) is 4.29. The first-order chi connectivity index (χ1) is 14.5. The number of hydrogen-bond acceptors (Lipinski definition) is 6. The fourth-order valence-electron chi connectivity index (χ4n) is 3.04. The Labute approximate surface area is 184 Å². The summed E-state index contributed by atoms with van der Waals surface area (Å²) in [6.45, 7) is -0.397. The van der Waals surface area contributed by atoms with Gasteiger partial charge in [-0.25, -0.2) is 0 Å². The number of para-hydroxylation sites is 1. The molecule has 0 unspecified atom stereocenters. The summed E-state index contributed by atoms with van der Waals surface area (Å²) in [7, 11) is 1.56. The molecule has 156 valence electrons. The Morgan fingerprint density at radius 1 is 1.23 bits per heavy atom. The van der Waals surface area contributed by atoms with Gasteiger partial charge in [-0.15, -0.1) is 0 Å². The predicted octanol–water partition coefficient (Wildman–Crippen LogP) is 2.62. The van der Waals surface area contributed by atoms with Crippen molar-refractivity contribution in [1.82, 2.24) is 10.2 Å². The highest BCUT2D eigenvalue weighted by Crippen LogP contribution is 2.34. The van der Waals surface area contributed by atoms with Crippen LogP contribution in [-0.2, 0) is 16.0 Å². The number of hydrogen-bond donors (Lipinski definition) is 2. The minimum absolute atomic E-state index is 0.195. The van der Waals surface area contributed by atoms with Crippen LogP contribution in [0.25, 0.3) is 6.08 Å². The van der Waals surface area contributed by atoms with Crippen molar-refractivity contribution >= 4 is 46.2 Å². The molecule has 1 saturated heterocycles. The highest BCUT2D eigenvalue weighted by atomic mass is 32.2. The van der Waals surface area contributed by atoms with Crippen molar-refractivity contribution < 1.29 is 19.4 Å². The summed E-state index contributed by atoms with van der Waals surface area (Å²) in [4.78, 5) is 27.0. The second-order valence-corrected chi connectivity index (χ2v) is 8.32. The van der Waals surface area contributed by atoms with Crippen molar-refractivity contribution in [3.8, 4) is 5.75 Å². The molecule has 0 aliphatic carbocycles. The zero-order valence-corrected chi connectivity index (χ0v) is 18.0. The smallest absolute Gasteiger partial charge is 0.266 e. The fraction of sp³-hybridized carbons (Fsp3) is 0.227. The van der Waals surface area contributed by atoms with Crippen LogP contribution >= 0.6 is 24.0 Å². The SMILES string of the molecule is COc1ccccc1/C=C1\SC(=S)N(CC(=O)N[C@@H](CO)Cc2ccccc2)C1=O. The Morgan fingerprint density at radius 2 is 1.93 bits per heavy atom. The van der Waals surface area contributed by atoms with Gasteiger partial charge < -0.3 is 15.2 Å². The van der Waals surface area contributed by atoms with E-state index in [1.165, 1.54) is 4.90 Å². The van der Waals surface area contributed by atoms with E-state index in [4.69, 9.17) is 17.0 Å². The number of methoxy groups -OCH3 is 1. The molecule has 0 radical (unpaired) electrons. The minimum Gasteiger partial charge on any atom is -0.496 e. The lowest BCUT2D eigenvalue weighted by Crippen LogP contribution is -2.45. The van der Waals surface area contributed by atoms with Crippen molar-refractivity contribution in [2.75, 3.05) is 20.3 Å². The lowest BCUT2D eigenvalue weighted by molar-refractivity contribution is -0.129. The van der Waals surface area contributed by atoms with Gasteiger partial charge in [0.25, 0.3) is 5.91 Å². The standard InChI is InChI=1S/C22H22N2O4S2/c1-28-18-10-6-5-9-16(18)12-19-21(27)24(22(29)30-19)13-20(26)23-17(14-25)11-15-7-3-2-4-8-15/h2-10,12,17,25H,11,13-14H2,1H3,(H,23,26)/b19-12-/t17-/m1/s1. The average molecular weight is 443 g/mol. The summed E-state index contributed by atoms with van der Waals surface area (Å²) in [6.07, 6.45) is 2.21. The average Bonchev–Trinajstić information content (AvgIpc) is 3.01. The first-order valence-electron chi connectivity index (χ1n) is 9.34. The van der Waals surface area contributed by atoms with E-state index >= 15 is 0 Å². The van der Waals surface area contributed by atoms with Crippen LogP contribution in [-0.4, -0.2) is 52.4 Å². The largest absolute Gasteiger partial charge is 0.496 e. The van der Waals surface area contributed by atoms with Gasteiger partial charge in [-0.05, 0) is 24.1 Å². The highest BCUT2D eigenvalue weighted by molar-refractivity contribution is 8.26. The molecular formula is C22H22N2O4S2. The number of nitrogens with one attached hydrogen (secondary N) is 1. The molecule has 0 saturated carbocycles. The van der Waals surface area contributed by atoms with E-state index in [9.17, 15) is 14.7 Å². The molecule has 1 aliphatic heterocycles. The molecule has 2 aromatic carbocycles. The maximum atomic E-state index is 12.8. The number of amides is 2. The molecule has 0 bridgehead atoms. The summed E-state index contributed by atoms with van der Waals surface area (Å²) >= 11 is 6.45. The number of ether oxygens (including phenoxy) is 1. The summed E-state index contributed by atoms with van der Waals surface area (Å²) in [5.41, 5.74) is 1.76. The molecule has 6 nitrogen and oxygen atoms in total. The van der Waals surface area contributed by atoms with Crippen molar-refractivity contribution in [3.05, 3.63) is 70.6 Å². The molecular weight excluding hydrogens is 420 g/mol. The van der Waals surface area contributed by atoms with Gasteiger partial charge in [0.15, 0.2) is 0 Å². The Morgan fingerprint density at radius 3 is 2.63 bits per heavy atom. The Balaban J connectivity index is 1.64. The van der Waals surface area contributed by atoms with Crippen LogP contribution in [0.4, 0.5) is 0 Å².